The second-order valence-corrected chi connectivity index (χ2v) is 6.16. The monoisotopic (exact) mass is 345 g/mol. The Morgan fingerprint density at radius 2 is 1.70 bits per heavy atom. The Balaban J connectivity index is 2.44. The van der Waals surface area contributed by atoms with Crippen LogP contribution in [0.2, 0.25) is 0 Å². The summed E-state index contributed by atoms with van der Waals surface area (Å²) < 4.78 is 64.9. The topological polar surface area (TPSA) is 83.5 Å². The SMILES string of the molecule is O=C(O)c1cccc(S(=O)(=O)Nc2ccccc2C(F)(F)F)c1. The number of hydrogen-bond donors (Lipinski definition) is 2. The molecule has 0 saturated carbocycles. The van der Waals surface area contributed by atoms with E-state index in [-0.39, 0.29) is 5.56 Å². The van der Waals surface area contributed by atoms with Crippen LogP contribution < -0.4 is 4.72 Å². The van der Waals surface area contributed by atoms with Crippen molar-refractivity contribution in [1.29, 1.82) is 0 Å². The van der Waals surface area contributed by atoms with Gasteiger partial charge in [0, 0.05) is 0 Å². The number of anilines is 1. The molecule has 2 aromatic rings. The van der Waals surface area contributed by atoms with Gasteiger partial charge in [-0.25, -0.2) is 13.2 Å². The average molecular weight is 345 g/mol. The predicted octanol–water partition coefficient (Wildman–Crippen LogP) is 3.20. The van der Waals surface area contributed by atoms with Gasteiger partial charge in [0.05, 0.1) is 21.7 Å². The van der Waals surface area contributed by atoms with Crippen LogP contribution >= 0.6 is 0 Å². The van der Waals surface area contributed by atoms with Crippen molar-refractivity contribution >= 4 is 21.7 Å². The number of alkyl halides is 3. The molecule has 0 bridgehead atoms. The van der Waals surface area contributed by atoms with E-state index in [0.29, 0.717) is 0 Å². The zero-order valence-corrected chi connectivity index (χ0v) is 12.1. The highest BCUT2D eigenvalue weighted by Gasteiger charge is 2.34. The standard InChI is InChI=1S/C14H10F3NO4S/c15-14(16,17)11-6-1-2-7-12(11)18-23(21,22)10-5-3-4-9(8-10)13(19)20/h1-8,18H,(H,19,20). The summed E-state index contributed by atoms with van der Waals surface area (Å²) in [5, 5.41) is 8.85. The van der Waals surface area contributed by atoms with E-state index in [2.05, 4.69) is 0 Å². The third kappa shape index (κ3) is 3.81. The van der Waals surface area contributed by atoms with E-state index in [0.717, 1.165) is 30.3 Å². The van der Waals surface area contributed by atoms with Gasteiger partial charge in [0.2, 0.25) is 0 Å². The summed E-state index contributed by atoms with van der Waals surface area (Å²) in [5.41, 5.74) is -2.07. The fraction of sp³-hybridized carbons (Fsp3) is 0.0714. The van der Waals surface area contributed by atoms with Crippen LogP contribution in [0.15, 0.2) is 53.4 Å². The van der Waals surface area contributed by atoms with Crippen molar-refractivity contribution in [2.45, 2.75) is 11.1 Å². The molecule has 0 amide bonds. The van der Waals surface area contributed by atoms with Crippen molar-refractivity contribution < 1.29 is 31.5 Å². The van der Waals surface area contributed by atoms with Crippen LogP contribution in [-0.4, -0.2) is 19.5 Å². The van der Waals surface area contributed by atoms with Crippen molar-refractivity contribution in [1.82, 2.24) is 0 Å². The van der Waals surface area contributed by atoms with Crippen LogP contribution in [0.5, 0.6) is 0 Å². The first-order valence-corrected chi connectivity index (χ1v) is 7.62. The first kappa shape index (κ1) is 16.8. The minimum atomic E-state index is -4.73. The number of carbonyl (C=O) groups is 1. The van der Waals surface area contributed by atoms with Crippen LogP contribution in [0.1, 0.15) is 15.9 Å². The number of sulfonamides is 1. The number of hydrogen-bond acceptors (Lipinski definition) is 3. The van der Waals surface area contributed by atoms with E-state index < -0.39 is 38.3 Å². The minimum absolute atomic E-state index is 0.294. The quantitative estimate of drug-likeness (QED) is 0.891. The van der Waals surface area contributed by atoms with Crippen molar-refractivity contribution in [3.63, 3.8) is 0 Å². The number of para-hydroxylation sites is 1. The molecule has 0 aliphatic carbocycles. The van der Waals surface area contributed by atoms with E-state index in [1.807, 2.05) is 4.72 Å². The normalized spacial score (nSPS) is 12.0. The largest absolute Gasteiger partial charge is 0.478 e. The van der Waals surface area contributed by atoms with E-state index in [1.165, 1.54) is 18.2 Å². The molecule has 9 heteroatoms. The molecule has 0 aliphatic heterocycles. The lowest BCUT2D eigenvalue weighted by atomic mass is 10.2. The number of aromatic carboxylic acids is 1. The number of carboxylic acid groups (broad SMARTS) is 1. The molecular weight excluding hydrogens is 335 g/mol. The van der Waals surface area contributed by atoms with Gasteiger partial charge in [-0.15, -0.1) is 0 Å². The number of benzene rings is 2. The second-order valence-electron chi connectivity index (χ2n) is 4.48. The number of rotatable bonds is 4. The first-order chi connectivity index (χ1) is 10.6. The molecule has 0 spiro atoms. The molecular formula is C14H10F3NO4S. The van der Waals surface area contributed by atoms with Gasteiger partial charge in [-0.05, 0) is 30.3 Å². The minimum Gasteiger partial charge on any atom is -0.478 e. The summed E-state index contributed by atoms with van der Waals surface area (Å²) in [7, 11) is -4.37. The second kappa shape index (κ2) is 5.92. The molecule has 0 atom stereocenters. The molecule has 0 unspecified atom stereocenters. The maximum atomic E-state index is 12.9. The molecule has 0 aromatic heterocycles. The average Bonchev–Trinajstić information content (AvgIpc) is 2.46. The highest BCUT2D eigenvalue weighted by Crippen LogP contribution is 2.35. The molecule has 23 heavy (non-hydrogen) atoms. The van der Waals surface area contributed by atoms with Crippen molar-refractivity contribution in [3.05, 3.63) is 59.7 Å². The third-order valence-electron chi connectivity index (χ3n) is 2.87. The summed E-state index contributed by atoms with van der Waals surface area (Å²) in [4.78, 5) is 10.4. The van der Waals surface area contributed by atoms with Crippen LogP contribution in [0.3, 0.4) is 0 Å². The van der Waals surface area contributed by atoms with Crippen LogP contribution in [0.25, 0.3) is 0 Å². The number of nitrogens with one attached hydrogen (secondary N) is 1. The van der Waals surface area contributed by atoms with Crippen molar-refractivity contribution in [2.24, 2.45) is 0 Å². The van der Waals surface area contributed by atoms with E-state index in [1.54, 1.807) is 0 Å². The smallest absolute Gasteiger partial charge is 0.418 e. The van der Waals surface area contributed by atoms with Crippen LogP contribution in [0.4, 0.5) is 18.9 Å². The molecule has 2 aromatic carbocycles. The summed E-state index contributed by atoms with van der Waals surface area (Å²) in [6.45, 7) is 0. The zero-order valence-electron chi connectivity index (χ0n) is 11.3. The van der Waals surface area contributed by atoms with Gasteiger partial charge >= 0.3 is 12.1 Å². The van der Waals surface area contributed by atoms with Crippen molar-refractivity contribution in [3.8, 4) is 0 Å². The van der Waals surface area contributed by atoms with Crippen LogP contribution in [0, 0.1) is 0 Å². The van der Waals surface area contributed by atoms with Gasteiger partial charge in [0.1, 0.15) is 0 Å². The molecule has 0 aliphatic rings. The summed E-state index contributed by atoms with van der Waals surface area (Å²) in [5.74, 6) is -1.35. The van der Waals surface area contributed by atoms with Gasteiger partial charge in [-0.2, -0.15) is 13.2 Å². The third-order valence-corrected chi connectivity index (χ3v) is 4.23. The summed E-state index contributed by atoms with van der Waals surface area (Å²) >= 11 is 0. The maximum Gasteiger partial charge on any atom is 0.418 e. The fourth-order valence-electron chi connectivity index (χ4n) is 1.82. The number of halogens is 3. The fourth-order valence-corrected chi connectivity index (χ4v) is 2.94. The summed E-state index contributed by atoms with van der Waals surface area (Å²) in [6, 6.07) is 8.41. The van der Waals surface area contributed by atoms with Gasteiger partial charge in [-0.3, -0.25) is 4.72 Å². The van der Waals surface area contributed by atoms with Gasteiger partial charge in [0.25, 0.3) is 10.0 Å². The van der Waals surface area contributed by atoms with Crippen LogP contribution in [-0.2, 0) is 16.2 Å². The molecule has 2 rings (SSSR count). The molecule has 2 N–H and O–H groups in total. The highest BCUT2D eigenvalue weighted by molar-refractivity contribution is 7.92. The Hall–Kier alpha value is -2.55. The molecule has 0 radical (unpaired) electrons. The highest BCUT2D eigenvalue weighted by atomic mass is 32.2. The lowest BCUT2D eigenvalue weighted by Gasteiger charge is -2.14. The molecule has 0 fully saturated rings. The Morgan fingerprint density at radius 3 is 2.30 bits per heavy atom. The molecule has 122 valence electrons. The zero-order chi connectivity index (χ0) is 17.3. The Morgan fingerprint density at radius 1 is 1.04 bits per heavy atom. The van der Waals surface area contributed by atoms with Gasteiger partial charge < -0.3 is 5.11 Å². The van der Waals surface area contributed by atoms with E-state index in [9.17, 15) is 26.4 Å². The summed E-state index contributed by atoms with van der Waals surface area (Å²) in [6.07, 6.45) is -4.73. The van der Waals surface area contributed by atoms with E-state index >= 15 is 0 Å². The lowest BCUT2D eigenvalue weighted by molar-refractivity contribution is -0.136. The van der Waals surface area contributed by atoms with E-state index in [4.69, 9.17) is 5.11 Å². The Bertz CT molecular complexity index is 847. The Labute approximate surface area is 129 Å². The molecule has 0 saturated heterocycles. The molecule has 5 nitrogen and oxygen atoms in total. The lowest BCUT2D eigenvalue weighted by Crippen LogP contribution is -2.17. The predicted molar refractivity (Wildman–Crippen MR) is 75.7 cm³/mol. The number of carboxylic acids is 1. The van der Waals surface area contributed by atoms with Gasteiger partial charge in [0.15, 0.2) is 0 Å². The maximum absolute atomic E-state index is 12.9. The molecule has 0 heterocycles. The Kier molecular flexibility index (Phi) is 4.33. The van der Waals surface area contributed by atoms with Gasteiger partial charge in [-0.1, -0.05) is 18.2 Å². The first-order valence-electron chi connectivity index (χ1n) is 6.13. The van der Waals surface area contributed by atoms with Crippen molar-refractivity contribution in [2.75, 3.05) is 4.72 Å².